The van der Waals surface area contributed by atoms with Crippen molar-refractivity contribution in [3.63, 3.8) is 0 Å². The van der Waals surface area contributed by atoms with Gasteiger partial charge in [0.1, 0.15) is 12.7 Å². The molecule has 0 radical (unpaired) electrons. The third-order valence-electron chi connectivity index (χ3n) is 4.29. The predicted octanol–water partition coefficient (Wildman–Crippen LogP) is 3.41. The Balaban J connectivity index is 1.39. The zero-order valence-corrected chi connectivity index (χ0v) is 14.2. The highest BCUT2D eigenvalue weighted by atomic mass is 16.1. The summed E-state index contributed by atoms with van der Waals surface area (Å²) < 4.78 is 1.74. The van der Waals surface area contributed by atoms with Crippen LogP contribution in [-0.4, -0.2) is 20.7 Å². The van der Waals surface area contributed by atoms with E-state index in [0.29, 0.717) is 18.7 Å². The van der Waals surface area contributed by atoms with Crippen LogP contribution in [0.4, 0.5) is 0 Å². The van der Waals surface area contributed by atoms with Crippen molar-refractivity contribution in [3.05, 3.63) is 96.1 Å². The van der Waals surface area contributed by atoms with Gasteiger partial charge in [-0.1, -0.05) is 48.5 Å². The second-order valence-electron chi connectivity index (χ2n) is 6.15. The molecule has 1 heterocycles. The SMILES string of the molecule is O=C(NCc1ccc2ccccc2c1)c1ccc(Cn2cncn2)cc1. The molecule has 0 aliphatic rings. The molecule has 0 spiro atoms. The van der Waals surface area contributed by atoms with Crippen molar-refractivity contribution < 1.29 is 4.79 Å². The van der Waals surface area contributed by atoms with Gasteiger partial charge in [0, 0.05) is 12.1 Å². The molecule has 1 amide bonds. The molecule has 128 valence electrons. The molecule has 1 N–H and O–H groups in total. The van der Waals surface area contributed by atoms with Gasteiger partial charge >= 0.3 is 0 Å². The topological polar surface area (TPSA) is 59.8 Å². The molecular weight excluding hydrogens is 324 g/mol. The van der Waals surface area contributed by atoms with Gasteiger partial charge in [-0.25, -0.2) is 9.67 Å². The van der Waals surface area contributed by atoms with Crippen molar-refractivity contribution in [2.45, 2.75) is 13.1 Å². The maximum atomic E-state index is 12.4. The van der Waals surface area contributed by atoms with E-state index in [2.05, 4.69) is 39.7 Å². The second kappa shape index (κ2) is 7.19. The summed E-state index contributed by atoms with van der Waals surface area (Å²) in [5.74, 6) is -0.0783. The lowest BCUT2D eigenvalue weighted by Crippen LogP contribution is -2.22. The summed E-state index contributed by atoms with van der Waals surface area (Å²) in [6.45, 7) is 1.14. The van der Waals surface area contributed by atoms with Crippen molar-refractivity contribution in [3.8, 4) is 0 Å². The Labute approximate surface area is 151 Å². The number of nitrogens with one attached hydrogen (secondary N) is 1. The molecule has 0 aliphatic heterocycles. The average Bonchev–Trinajstić information content (AvgIpc) is 3.19. The van der Waals surface area contributed by atoms with Crippen LogP contribution in [0.5, 0.6) is 0 Å². The zero-order valence-electron chi connectivity index (χ0n) is 14.2. The summed E-state index contributed by atoms with van der Waals surface area (Å²) in [6.07, 6.45) is 3.18. The van der Waals surface area contributed by atoms with Crippen LogP contribution >= 0.6 is 0 Å². The number of aromatic nitrogens is 3. The number of carbonyl (C=O) groups is 1. The molecule has 5 heteroatoms. The van der Waals surface area contributed by atoms with E-state index in [1.165, 1.54) is 17.1 Å². The van der Waals surface area contributed by atoms with Crippen molar-refractivity contribution in [2.75, 3.05) is 0 Å². The molecule has 4 aromatic rings. The lowest BCUT2D eigenvalue weighted by molar-refractivity contribution is 0.0951. The van der Waals surface area contributed by atoms with Crippen LogP contribution in [0.2, 0.25) is 0 Å². The number of hydrogen-bond donors (Lipinski definition) is 1. The summed E-state index contributed by atoms with van der Waals surface area (Å²) >= 11 is 0. The van der Waals surface area contributed by atoms with Gasteiger partial charge in [-0.2, -0.15) is 5.10 Å². The van der Waals surface area contributed by atoms with Gasteiger partial charge in [-0.05, 0) is 40.1 Å². The fourth-order valence-electron chi connectivity index (χ4n) is 2.90. The van der Waals surface area contributed by atoms with Crippen molar-refractivity contribution in [2.24, 2.45) is 0 Å². The van der Waals surface area contributed by atoms with E-state index in [1.807, 2.05) is 42.5 Å². The Hall–Kier alpha value is -3.47. The van der Waals surface area contributed by atoms with Crippen molar-refractivity contribution in [1.82, 2.24) is 20.1 Å². The highest BCUT2D eigenvalue weighted by molar-refractivity contribution is 5.94. The van der Waals surface area contributed by atoms with E-state index in [-0.39, 0.29) is 5.91 Å². The number of carbonyl (C=O) groups excluding carboxylic acids is 1. The van der Waals surface area contributed by atoms with Gasteiger partial charge in [-0.15, -0.1) is 0 Å². The molecule has 5 nitrogen and oxygen atoms in total. The summed E-state index contributed by atoms with van der Waals surface area (Å²) in [5.41, 5.74) is 2.80. The highest BCUT2D eigenvalue weighted by Crippen LogP contribution is 2.15. The standard InChI is InChI=1S/C21H18N4O/c26-21(19-9-5-16(6-10-19)13-25-15-22-14-24-25)23-12-17-7-8-18-3-1-2-4-20(18)11-17/h1-11,14-15H,12-13H2,(H,23,26). The normalized spacial score (nSPS) is 10.8. The number of amides is 1. The van der Waals surface area contributed by atoms with Crippen LogP contribution in [0.1, 0.15) is 21.5 Å². The van der Waals surface area contributed by atoms with Gasteiger partial charge in [-0.3, -0.25) is 4.79 Å². The zero-order chi connectivity index (χ0) is 17.8. The number of fused-ring (bicyclic) bond motifs is 1. The molecule has 1 aromatic heterocycles. The molecule has 4 rings (SSSR count). The molecule has 0 unspecified atom stereocenters. The minimum absolute atomic E-state index is 0.0783. The smallest absolute Gasteiger partial charge is 0.251 e. The molecular formula is C21H18N4O. The van der Waals surface area contributed by atoms with Crippen LogP contribution in [0.3, 0.4) is 0 Å². The molecule has 0 aliphatic carbocycles. The van der Waals surface area contributed by atoms with Crippen LogP contribution in [-0.2, 0) is 13.1 Å². The predicted molar refractivity (Wildman–Crippen MR) is 101 cm³/mol. The first-order chi connectivity index (χ1) is 12.8. The second-order valence-corrected chi connectivity index (χ2v) is 6.15. The number of nitrogens with zero attached hydrogens (tertiary/aromatic N) is 3. The van der Waals surface area contributed by atoms with Crippen molar-refractivity contribution in [1.29, 1.82) is 0 Å². The maximum Gasteiger partial charge on any atom is 0.251 e. The van der Waals surface area contributed by atoms with E-state index >= 15 is 0 Å². The van der Waals surface area contributed by atoms with Gasteiger partial charge in [0.2, 0.25) is 0 Å². The molecule has 0 fully saturated rings. The van der Waals surface area contributed by atoms with E-state index < -0.39 is 0 Å². The fourth-order valence-corrected chi connectivity index (χ4v) is 2.90. The Morgan fingerprint density at radius 3 is 2.46 bits per heavy atom. The monoisotopic (exact) mass is 342 g/mol. The van der Waals surface area contributed by atoms with Crippen LogP contribution < -0.4 is 5.32 Å². The van der Waals surface area contributed by atoms with Gasteiger partial charge < -0.3 is 5.32 Å². The molecule has 26 heavy (non-hydrogen) atoms. The fraction of sp³-hybridized carbons (Fsp3) is 0.0952. The Morgan fingerprint density at radius 2 is 1.69 bits per heavy atom. The van der Waals surface area contributed by atoms with E-state index in [4.69, 9.17) is 0 Å². The lowest BCUT2D eigenvalue weighted by atomic mass is 10.1. The molecule has 0 atom stereocenters. The number of rotatable bonds is 5. The van der Waals surface area contributed by atoms with Crippen molar-refractivity contribution >= 4 is 16.7 Å². The van der Waals surface area contributed by atoms with E-state index in [0.717, 1.165) is 11.1 Å². The Bertz CT molecular complexity index is 1020. The lowest BCUT2D eigenvalue weighted by Gasteiger charge is -2.08. The first-order valence-corrected chi connectivity index (χ1v) is 8.45. The van der Waals surface area contributed by atoms with E-state index in [9.17, 15) is 4.79 Å². The van der Waals surface area contributed by atoms with Crippen LogP contribution in [0.15, 0.2) is 79.4 Å². The molecule has 0 saturated carbocycles. The Morgan fingerprint density at radius 1 is 0.923 bits per heavy atom. The maximum absolute atomic E-state index is 12.4. The number of hydrogen-bond acceptors (Lipinski definition) is 3. The van der Waals surface area contributed by atoms with Gasteiger partial charge in [0.15, 0.2) is 0 Å². The van der Waals surface area contributed by atoms with Crippen LogP contribution in [0, 0.1) is 0 Å². The quantitative estimate of drug-likeness (QED) is 0.605. The minimum Gasteiger partial charge on any atom is -0.348 e. The summed E-state index contributed by atoms with van der Waals surface area (Å²) in [4.78, 5) is 16.3. The summed E-state index contributed by atoms with van der Waals surface area (Å²) in [5, 5.41) is 9.44. The largest absolute Gasteiger partial charge is 0.348 e. The van der Waals surface area contributed by atoms with Gasteiger partial charge in [0.05, 0.1) is 6.54 Å². The molecule has 0 bridgehead atoms. The minimum atomic E-state index is -0.0783. The average molecular weight is 342 g/mol. The third kappa shape index (κ3) is 3.62. The summed E-state index contributed by atoms with van der Waals surface area (Å²) in [7, 11) is 0. The van der Waals surface area contributed by atoms with Crippen LogP contribution in [0.25, 0.3) is 10.8 Å². The molecule has 3 aromatic carbocycles. The Kier molecular flexibility index (Phi) is 4.43. The first-order valence-electron chi connectivity index (χ1n) is 8.45. The number of benzene rings is 3. The highest BCUT2D eigenvalue weighted by Gasteiger charge is 2.06. The third-order valence-corrected chi connectivity index (χ3v) is 4.29. The molecule has 0 saturated heterocycles. The van der Waals surface area contributed by atoms with Gasteiger partial charge in [0.25, 0.3) is 5.91 Å². The summed E-state index contributed by atoms with van der Waals surface area (Å²) in [6, 6.07) is 22.0. The van der Waals surface area contributed by atoms with E-state index in [1.54, 1.807) is 11.0 Å². The first kappa shape index (κ1) is 16.0.